The lowest BCUT2D eigenvalue weighted by Crippen LogP contribution is -1.94. The Hall–Kier alpha value is 0.140. The van der Waals surface area contributed by atoms with E-state index in [4.69, 9.17) is 0 Å². The van der Waals surface area contributed by atoms with E-state index in [1.54, 1.807) is 0 Å². The van der Waals surface area contributed by atoms with Gasteiger partial charge in [0.25, 0.3) is 0 Å². The summed E-state index contributed by atoms with van der Waals surface area (Å²) in [6.45, 7) is 3.96. The van der Waals surface area contributed by atoms with Gasteiger partial charge in [0, 0.05) is 5.92 Å². The first-order valence-electron chi connectivity index (χ1n) is 2.92. The molecule has 0 aliphatic carbocycles. The van der Waals surface area contributed by atoms with Gasteiger partial charge in [-0.1, -0.05) is 35.1 Å². The fourth-order valence-corrected chi connectivity index (χ4v) is 0.855. The average molecular weight is 238 g/mol. The van der Waals surface area contributed by atoms with Crippen molar-refractivity contribution < 1.29 is 4.79 Å². The monoisotopic (exact) mass is 238 g/mol. The van der Waals surface area contributed by atoms with Crippen LogP contribution in [0.25, 0.3) is 0 Å². The van der Waals surface area contributed by atoms with Gasteiger partial charge in [0.15, 0.2) is 0 Å². The molecule has 0 aromatic heterocycles. The zero-order valence-electron chi connectivity index (χ0n) is 5.73. The number of allylic oxidation sites excluding steroid dienone is 1. The largest absolute Gasteiger partial charge is 0.303 e. The molecule has 1 atom stereocenters. The standard InChI is InChI=1S/C7H11IO/c1-6(4-8)3-7(2)5-9/h4-5,7H,3H2,1-2H3/b6-4+/t7-/m0/s1. The third-order valence-corrected chi connectivity index (χ3v) is 2.13. The van der Waals surface area contributed by atoms with Crippen LogP contribution in [0.4, 0.5) is 0 Å². The first-order chi connectivity index (χ1) is 4.20. The minimum atomic E-state index is 0.177. The van der Waals surface area contributed by atoms with Crippen LogP contribution in [0.15, 0.2) is 9.66 Å². The molecular formula is C7H11IO. The van der Waals surface area contributed by atoms with Crippen molar-refractivity contribution in [2.45, 2.75) is 20.3 Å². The van der Waals surface area contributed by atoms with Crippen molar-refractivity contribution in [3.05, 3.63) is 9.66 Å². The third-order valence-electron chi connectivity index (χ3n) is 1.06. The molecule has 0 unspecified atom stereocenters. The van der Waals surface area contributed by atoms with Gasteiger partial charge in [0.1, 0.15) is 6.29 Å². The number of carbonyl (C=O) groups excluding carboxylic acids is 1. The number of rotatable bonds is 3. The smallest absolute Gasteiger partial charge is 0.123 e. The second kappa shape index (κ2) is 4.97. The molecule has 0 spiro atoms. The van der Waals surface area contributed by atoms with E-state index in [0.29, 0.717) is 0 Å². The second-order valence-electron chi connectivity index (χ2n) is 2.27. The highest BCUT2D eigenvalue weighted by Crippen LogP contribution is 2.09. The van der Waals surface area contributed by atoms with E-state index < -0.39 is 0 Å². The minimum Gasteiger partial charge on any atom is -0.303 e. The quantitative estimate of drug-likeness (QED) is 0.545. The lowest BCUT2D eigenvalue weighted by atomic mass is 10.1. The lowest BCUT2D eigenvalue weighted by molar-refractivity contribution is -0.110. The summed E-state index contributed by atoms with van der Waals surface area (Å²) in [4.78, 5) is 10.1. The number of carbonyl (C=O) groups is 1. The molecule has 9 heavy (non-hydrogen) atoms. The van der Waals surface area contributed by atoms with Crippen molar-refractivity contribution >= 4 is 28.9 Å². The normalized spacial score (nSPS) is 15.2. The predicted molar refractivity (Wildman–Crippen MR) is 47.6 cm³/mol. The van der Waals surface area contributed by atoms with Crippen molar-refractivity contribution in [3.8, 4) is 0 Å². The molecule has 0 heterocycles. The molecule has 0 amide bonds. The lowest BCUT2D eigenvalue weighted by Gasteiger charge is -2.00. The molecule has 0 aromatic rings. The van der Waals surface area contributed by atoms with Crippen LogP contribution in [0.5, 0.6) is 0 Å². The number of hydrogen-bond acceptors (Lipinski definition) is 1. The van der Waals surface area contributed by atoms with Gasteiger partial charge in [0.2, 0.25) is 0 Å². The Balaban J connectivity index is 3.59. The highest BCUT2D eigenvalue weighted by atomic mass is 127. The van der Waals surface area contributed by atoms with E-state index in [1.807, 2.05) is 17.9 Å². The molecule has 0 saturated carbocycles. The van der Waals surface area contributed by atoms with Gasteiger partial charge in [-0.15, -0.1) is 0 Å². The Kier molecular flexibility index (Phi) is 5.04. The summed E-state index contributed by atoms with van der Waals surface area (Å²) in [6.07, 6.45) is 1.88. The SMILES string of the molecule is C/C(=C\I)C[C@H](C)C=O. The summed E-state index contributed by atoms with van der Waals surface area (Å²) in [5.41, 5.74) is 1.27. The predicted octanol–water partition coefficient (Wildman–Crippen LogP) is 2.55. The summed E-state index contributed by atoms with van der Waals surface area (Å²) < 4.78 is 2.01. The number of hydrogen-bond donors (Lipinski definition) is 0. The van der Waals surface area contributed by atoms with Gasteiger partial charge in [-0.25, -0.2) is 0 Å². The maximum atomic E-state index is 10.1. The maximum Gasteiger partial charge on any atom is 0.123 e. The zero-order chi connectivity index (χ0) is 7.28. The van der Waals surface area contributed by atoms with Crippen LogP contribution in [0.1, 0.15) is 20.3 Å². The Morgan fingerprint density at radius 2 is 2.33 bits per heavy atom. The van der Waals surface area contributed by atoms with Gasteiger partial charge in [0.05, 0.1) is 0 Å². The Bertz CT molecular complexity index is 118. The van der Waals surface area contributed by atoms with Crippen molar-refractivity contribution in [1.82, 2.24) is 0 Å². The van der Waals surface area contributed by atoms with E-state index in [0.717, 1.165) is 12.7 Å². The first-order valence-corrected chi connectivity index (χ1v) is 4.16. The minimum absolute atomic E-state index is 0.177. The van der Waals surface area contributed by atoms with E-state index in [2.05, 4.69) is 22.6 Å². The summed E-state index contributed by atoms with van der Waals surface area (Å²) in [6, 6.07) is 0. The number of halogens is 1. The van der Waals surface area contributed by atoms with Crippen LogP contribution >= 0.6 is 22.6 Å². The fourth-order valence-electron chi connectivity index (χ4n) is 0.601. The van der Waals surface area contributed by atoms with Gasteiger partial charge >= 0.3 is 0 Å². The van der Waals surface area contributed by atoms with Gasteiger partial charge in [-0.05, 0) is 17.4 Å². The molecule has 1 nitrogen and oxygen atoms in total. The molecule has 2 heteroatoms. The molecule has 0 N–H and O–H groups in total. The van der Waals surface area contributed by atoms with Gasteiger partial charge < -0.3 is 4.79 Å². The van der Waals surface area contributed by atoms with Crippen LogP contribution in [0.3, 0.4) is 0 Å². The van der Waals surface area contributed by atoms with Crippen LogP contribution < -0.4 is 0 Å². The molecule has 0 saturated heterocycles. The summed E-state index contributed by atoms with van der Waals surface area (Å²) in [5, 5.41) is 0. The summed E-state index contributed by atoms with van der Waals surface area (Å²) in [7, 11) is 0. The van der Waals surface area contributed by atoms with E-state index in [-0.39, 0.29) is 5.92 Å². The highest BCUT2D eigenvalue weighted by molar-refractivity contribution is 14.1. The second-order valence-corrected chi connectivity index (χ2v) is 2.90. The van der Waals surface area contributed by atoms with Crippen molar-refractivity contribution in [1.29, 1.82) is 0 Å². The van der Waals surface area contributed by atoms with Crippen LogP contribution in [0, 0.1) is 5.92 Å². The van der Waals surface area contributed by atoms with Crippen LogP contribution in [0.2, 0.25) is 0 Å². The molecule has 0 fully saturated rings. The summed E-state index contributed by atoms with van der Waals surface area (Å²) in [5.74, 6) is 0.177. The Labute approximate surface area is 69.7 Å². The van der Waals surface area contributed by atoms with Gasteiger partial charge in [-0.3, -0.25) is 0 Å². The molecule has 0 rings (SSSR count). The van der Waals surface area contributed by atoms with E-state index in [1.165, 1.54) is 5.57 Å². The summed E-state index contributed by atoms with van der Waals surface area (Å²) >= 11 is 2.19. The third kappa shape index (κ3) is 4.63. The molecule has 0 bridgehead atoms. The Morgan fingerprint density at radius 1 is 1.78 bits per heavy atom. The van der Waals surface area contributed by atoms with Crippen molar-refractivity contribution in [2.75, 3.05) is 0 Å². The Morgan fingerprint density at radius 3 is 2.67 bits per heavy atom. The van der Waals surface area contributed by atoms with E-state index in [9.17, 15) is 4.79 Å². The van der Waals surface area contributed by atoms with Crippen LogP contribution in [-0.2, 0) is 4.79 Å². The van der Waals surface area contributed by atoms with Crippen molar-refractivity contribution in [2.24, 2.45) is 5.92 Å². The molecule has 52 valence electrons. The topological polar surface area (TPSA) is 17.1 Å². The van der Waals surface area contributed by atoms with Crippen LogP contribution in [-0.4, -0.2) is 6.29 Å². The molecule has 0 radical (unpaired) electrons. The highest BCUT2D eigenvalue weighted by Gasteiger charge is 1.98. The van der Waals surface area contributed by atoms with Gasteiger partial charge in [-0.2, -0.15) is 0 Å². The fraction of sp³-hybridized carbons (Fsp3) is 0.571. The molecule has 0 aliphatic rings. The maximum absolute atomic E-state index is 10.1. The molecule has 0 aliphatic heterocycles. The number of aldehydes is 1. The van der Waals surface area contributed by atoms with E-state index >= 15 is 0 Å². The molecule has 0 aromatic carbocycles. The average Bonchev–Trinajstić information content (AvgIpc) is 1.87. The molecular weight excluding hydrogens is 227 g/mol. The van der Waals surface area contributed by atoms with Crippen molar-refractivity contribution in [3.63, 3.8) is 0 Å². The zero-order valence-corrected chi connectivity index (χ0v) is 7.88. The first kappa shape index (κ1) is 9.14.